The normalized spacial score (nSPS) is 15.3. The Balaban J connectivity index is 1.08. The molecule has 1 aliphatic carbocycles. The van der Waals surface area contributed by atoms with Crippen molar-refractivity contribution in [2.45, 2.75) is 45.5 Å². The van der Waals surface area contributed by atoms with Gasteiger partial charge < -0.3 is 9.80 Å². The van der Waals surface area contributed by atoms with Gasteiger partial charge in [0.1, 0.15) is 16.1 Å². The summed E-state index contributed by atoms with van der Waals surface area (Å²) in [6.07, 6.45) is 0. The summed E-state index contributed by atoms with van der Waals surface area (Å²) in [5, 5.41) is 10.8. The average molecular weight is 969 g/mol. The van der Waals surface area contributed by atoms with Gasteiger partial charge in [-0.15, -0.1) is 0 Å². The van der Waals surface area contributed by atoms with Gasteiger partial charge in [0.25, 0.3) is 0 Å². The van der Waals surface area contributed by atoms with E-state index in [0.29, 0.717) is 0 Å². The van der Waals surface area contributed by atoms with Crippen molar-refractivity contribution in [1.82, 2.24) is 0 Å². The van der Waals surface area contributed by atoms with Gasteiger partial charge in [0.2, 0.25) is 0 Å². The van der Waals surface area contributed by atoms with Crippen LogP contribution in [-0.2, 0) is 5.41 Å². The first-order valence-electron chi connectivity index (χ1n) is 25.9. The van der Waals surface area contributed by atoms with Crippen molar-refractivity contribution < 1.29 is 0 Å². The highest BCUT2D eigenvalue weighted by molar-refractivity contribution is 7.03. The van der Waals surface area contributed by atoms with Gasteiger partial charge in [0.05, 0.1) is 0 Å². The molecule has 0 aromatic heterocycles. The highest BCUT2D eigenvalue weighted by Crippen LogP contribution is 2.53. The molecule has 0 saturated heterocycles. The number of benzene rings is 11. The number of rotatable bonds is 5. The van der Waals surface area contributed by atoms with Gasteiger partial charge in [-0.3, -0.25) is 0 Å². The summed E-state index contributed by atoms with van der Waals surface area (Å²) in [7, 11) is -4.01. The third-order valence-corrected chi connectivity index (χ3v) is 24.1. The Morgan fingerprint density at radius 1 is 0.301 bits per heavy atom. The van der Waals surface area contributed by atoms with Crippen LogP contribution in [0.1, 0.15) is 25.0 Å². The molecular formula is C69H56N2Si2. The average Bonchev–Trinajstić information content (AvgIpc) is 3.65. The number of nitrogens with zero attached hydrogens (tertiary/aromatic N) is 2. The van der Waals surface area contributed by atoms with Crippen molar-refractivity contribution in [3.05, 3.63) is 242 Å². The molecule has 11 aromatic carbocycles. The maximum Gasteiger partial charge on any atom is 0.117 e. The van der Waals surface area contributed by atoms with E-state index in [9.17, 15) is 0 Å². The third-order valence-electron chi connectivity index (χ3n) is 17.0. The third kappa shape index (κ3) is 6.33. The van der Waals surface area contributed by atoms with Crippen molar-refractivity contribution in [3.8, 4) is 44.5 Å². The Hall–Kier alpha value is -8.03. The summed E-state index contributed by atoms with van der Waals surface area (Å²) in [5.74, 6) is 0. The van der Waals surface area contributed by atoms with Gasteiger partial charge in [-0.25, -0.2) is 0 Å². The van der Waals surface area contributed by atoms with Crippen molar-refractivity contribution in [2.75, 3.05) is 9.80 Å². The van der Waals surface area contributed by atoms with E-state index in [2.05, 4.69) is 280 Å². The van der Waals surface area contributed by atoms with Crippen LogP contribution in [0.25, 0.3) is 66.1 Å². The molecule has 73 heavy (non-hydrogen) atoms. The SMILES string of the molecule is CC1(C)c2ccccc2-c2ccc(-c3ccccc3-c3c4ccc(N5c6ccccc6[Si](C)(C)c6ccccc65)cc4c(-c4ccccc4)c4ccc(N5c6ccccc6[Si](C)(C)c6ccccc65)cc34)cc21. The standard InChI is InChI=1S/C69H56N2Si2/c1-69(2)57-27-13-12-25-50(57)51-39-36-46(42-58(51)69)49-24-10-11-26-52(49)68-54-41-38-47(70-59-28-14-18-32-63(59)72(3,4)64-33-19-15-29-60(64)70)43-55(54)67(45-22-8-7-9-23-45)53-40-37-48(44-56(53)68)71-61-30-16-20-34-65(61)73(5,6)66-35-21-17-31-62(66)71/h7-44H,1-6H3. The minimum atomic E-state index is -2.01. The molecule has 11 aromatic rings. The molecule has 0 fully saturated rings. The first-order chi connectivity index (χ1) is 35.5. The molecule has 350 valence electrons. The molecule has 0 radical (unpaired) electrons. The fourth-order valence-electron chi connectivity index (χ4n) is 13.4. The molecule has 2 aliphatic heterocycles. The second-order valence-corrected chi connectivity index (χ2v) is 30.7. The zero-order valence-electron chi connectivity index (χ0n) is 42.3. The van der Waals surface area contributed by atoms with E-state index >= 15 is 0 Å². The lowest BCUT2D eigenvalue weighted by Crippen LogP contribution is -2.58. The topological polar surface area (TPSA) is 6.48 Å². The monoisotopic (exact) mass is 968 g/mol. The van der Waals surface area contributed by atoms with Gasteiger partial charge in [0.15, 0.2) is 0 Å². The van der Waals surface area contributed by atoms with E-state index < -0.39 is 16.1 Å². The Morgan fingerprint density at radius 2 is 0.712 bits per heavy atom. The first kappa shape index (κ1) is 43.7. The second kappa shape index (κ2) is 16.0. The van der Waals surface area contributed by atoms with Crippen molar-refractivity contribution in [3.63, 3.8) is 0 Å². The molecule has 0 N–H and O–H groups in total. The van der Waals surface area contributed by atoms with Gasteiger partial charge in [0, 0.05) is 39.5 Å². The van der Waals surface area contributed by atoms with Crippen LogP contribution >= 0.6 is 0 Å². The van der Waals surface area contributed by atoms with E-state index in [-0.39, 0.29) is 5.41 Å². The molecule has 4 heteroatoms. The molecule has 0 atom stereocenters. The molecule has 14 rings (SSSR count). The molecule has 0 unspecified atom stereocenters. The largest absolute Gasteiger partial charge is 0.311 e. The number of para-hydroxylation sites is 4. The van der Waals surface area contributed by atoms with Crippen LogP contribution in [0.3, 0.4) is 0 Å². The van der Waals surface area contributed by atoms with Gasteiger partial charge in [-0.1, -0.05) is 216 Å². The number of hydrogen-bond donors (Lipinski definition) is 0. The summed E-state index contributed by atoms with van der Waals surface area (Å²) in [4.78, 5) is 5.09. The van der Waals surface area contributed by atoms with Gasteiger partial charge >= 0.3 is 0 Å². The maximum atomic E-state index is 2.55. The smallest absolute Gasteiger partial charge is 0.117 e. The van der Waals surface area contributed by atoms with Crippen molar-refractivity contribution in [1.29, 1.82) is 0 Å². The van der Waals surface area contributed by atoms with Crippen LogP contribution in [0, 0.1) is 0 Å². The predicted molar refractivity (Wildman–Crippen MR) is 318 cm³/mol. The Bertz CT molecular complexity index is 3990. The van der Waals surface area contributed by atoms with E-state index in [1.54, 1.807) is 0 Å². The first-order valence-corrected chi connectivity index (χ1v) is 31.9. The van der Waals surface area contributed by atoms with E-state index in [1.807, 2.05) is 0 Å². The summed E-state index contributed by atoms with van der Waals surface area (Å²) in [6.45, 7) is 14.8. The van der Waals surface area contributed by atoms with Crippen LogP contribution < -0.4 is 30.5 Å². The maximum absolute atomic E-state index is 2.55. The van der Waals surface area contributed by atoms with E-state index in [0.717, 1.165) is 11.4 Å². The molecule has 0 spiro atoms. The molecule has 3 aliphatic rings. The quantitative estimate of drug-likeness (QED) is 0.125. The summed E-state index contributed by atoms with van der Waals surface area (Å²) < 4.78 is 0. The van der Waals surface area contributed by atoms with Crippen LogP contribution in [0.5, 0.6) is 0 Å². The summed E-state index contributed by atoms with van der Waals surface area (Å²) in [5.41, 5.74) is 20.2. The molecule has 0 saturated carbocycles. The molecule has 2 nitrogen and oxygen atoms in total. The highest BCUT2D eigenvalue weighted by Gasteiger charge is 2.41. The van der Waals surface area contributed by atoms with Crippen molar-refractivity contribution in [2.24, 2.45) is 0 Å². The van der Waals surface area contributed by atoms with E-state index in [1.165, 1.54) is 121 Å². The lowest BCUT2D eigenvalue weighted by atomic mass is 9.80. The highest BCUT2D eigenvalue weighted by atomic mass is 28.3. The minimum absolute atomic E-state index is 0.124. The fourth-order valence-corrected chi connectivity index (χ4v) is 19.4. The number of fused-ring (bicyclic) bond motifs is 9. The summed E-state index contributed by atoms with van der Waals surface area (Å²) >= 11 is 0. The molecular weight excluding hydrogens is 913 g/mol. The molecule has 0 amide bonds. The Kier molecular flexibility index (Phi) is 9.58. The van der Waals surface area contributed by atoms with Crippen LogP contribution in [0.4, 0.5) is 34.1 Å². The Morgan fingerprint density at radius 3 is 1.25 bits per heavy atom. The van der Waals surface area contributed by atoms with Crippen LogP contribution in [-0.4, -0.2) is 16.1 Å². The lowest BCUT2D eigenvalue weighted by molar-refractivity contribution is 0.660. The van der Waals surface area contributed by atoms with Gasteiger partial charge in [-0.05, 0) is 153 Å². The number of hydrogen-bond acceptors (Lipinski definition) is 2. The zero-order chi connectivity index (χ0) is 49.4. The fraction of sp³-hybridized carbons (Fsp3) is 0.101. The lowest BCUT2D eigenvalue weighted by Gasteiger charge is -2.41. The summed E-state index contributed by atoms with van der Waals surface area (Å²) in [6, 6.07) is 87.8. The van der Waals surface area contributed by atoms with Gasteiger partial charge in [-0.2, -0.15) is 0 Å². The molecule has 0 bridgehead atoms. The number of anilines is 6. The van der Waals surface area contributed by atoms with Crippen molar-refractivity contribution >= 4 is 92.6 Å². The Labute approximate surface area is 431 Å². The molecule has 2 heterocycles. The minimum Gasteiger partial charge on any atom is -0.311 e. The second-order valence-electron chi connectivity index (χ2n) is 22.0. The zero-order valence-corrected chi connectivity index (χ0v) is 44.3. The van der Waals surface area contributed by atoms with Crippen LogP contribution in [0.15, 0.2) is 231 Å². The van der Waals surface area contributed by atoms with Crippen LogP contribution in [0.2, 0.25) is 26.2 Å². The predicted octanol–water partition coefficient (Wildman–Crippen LogP) is 16.5. The van der Waals surface area contributed by atoms with E-state index in [4.69, 9.17) is 0 Å².